The van der Waals surface area contributed by atoms with Gasteiger partial charge in [0.2, 0.25) is 0 Å². The summed E-state index contributed by atoms with van der Waals surface area (Å²) in [4.78, 5) is 13.4. The molecule has 1 amide bonds. The number of rotatable bonds is 8. The minimum absolute atomic E-state index is 0.0295. The van der Waals surface area contributed by atoms with Gasteiger partial charge in [0.15, 0.2) is 0 Å². The van der Waals surface area contributed by atoms with E-state index in [0.717, 1.165) is 4.90 Å². The molecule has 2 rings (SSSR count). The lowest BCUT2D eigenvalue weighted by atomic mass is 10.1. The van der Waals surface area contributed by atoms with E-state index in [4.69, 9.17) is 13.9 Å². The minimum atomic E-state index is -3.66. The van der Waals surface area contributed by atoms with Crippen LogP contribution < -0.4 is 4.74 Å². The van der Waals surface area contributed by atoms with Gasteiger partial charge in [0, 0.05) is 19.2 Å². The Bertz CT molecular complexity index is 641. The third-order valence-corrected chi connectivity index (χ3v) is 3.50. The topological polar surface area (TPSA) is 51.9 Å². The lowest BCUT2D eigenvalue weighted by Crippen LogP contribution is -2.43. The van der Waals surface area contributed by atoms with E-state index in [1.165, 1.54) is 44.7 Å². The van der Waals surface area contributed by atoms with Crippen LogP contribution in [0.1, 0.15) is 11.3 Å². The highest BCUT2D eigenvalue weighted by Gasteiger charge is 2.44. The first kappa shape index (κ1) is 17.9. The number of benzene rings is 1. The van der Waals surface area contributed by atoms with Gasteiger partial charge in [-0.15, -0.1) is 0 Å². The summed E-state index contributed by atoms with van der Waals surface area (Å²) in [5, 5.41) is 0. The van der Waals surface area contributed by atoms with E-state index in [1.54, 1.807) is 12.1 Å². The Hall–Kier alpha value is -2.41. The SMILES string of the molecule is COCCN(Cc1ccco1)C(=O)C(F)(F)c1ccc(OC)cc1. The van der Waals surface area contributed by atoms with Crippen molar-refractivity contribution in [3.05, 3.63) is 54.0 Å². The smallest absolute Gasteiger partial charge is 0.349 e. The molecule has 1 aromatic heterocycles. The predicted octanol–water partition coefficient (Wildman–Crippen LogP) is 3.06. The zero-order valence-corrected chi connectivity index (χ0v) is 13.5. The van der Waals surface area contributed by atoms with Crippen molar-refractivity contribution >= 4 is 5.91 Å². The largest absolute Gasteiger partial charge is 0.497 e. The molecule has 0 saturated heterocycles. The van der Waals surface area contributed by atoms with Gasteiger partial charge >= 0.3 is 5.92 Å². The van der Waals surface area contributed by atoms with E-state index in [0.29, 0.717) is 11.5 Å². The summed E-state index contributed by atoms with van der Waals surface area (Å²) in [5.41, 5.74) is -0.393. The Labute approximate surface area is 138 Å². The second kappa shape index (κ2) is 7.92. The lowest BCUT2D eigenvalue weighted by Gasteiger charge is -2.26. The van der Waals surface area contributed by atoms with Crippen molar-refractivity contribution in [3.8, 4) is 5.75 Å². The molecular formula is C17H19F2NO4. The number of furan rings is 1. The molecule has 0 spiro atoms. The van der Waals surface area contributed by atoms with Crippen molar-refractivity contribution in [1.82, 2.24) is 4.90 Å². The summed E-state index contributed by atoms with van der Waals surface area (Å²) in [7, 11) is 2.88. The number of hydrogen-bond donors (Lipinski definition) is 0. The van der Waals surface area contributed by atoms with Gasteiger partial charge in [0.1, 0.15) is 11.5 Å². The van der Waals surface area contributed by atoms with Crippen molar-refractivity contribution in [3.63, 3.8) is 0 Å². The Morgan fingerprint density at radius 3 is 2.46 bits per heavy atom. The maximum atomic E-state index is 14.6. The zero-order valence-electron chi connectivity index (χ0n) is 13.5. The molecule has 130 valence electrons. The summed E-state index contributed by atoms with van der Waals surface area (Å²) in [6, 6.07) is 8.40. The van der Waals surface area contributed by atoms with E-state index in [1.807, 2.05) is 0 Å². The van der Waals surface area contributed by atoms with Crippen molar-refractivity contribution in [2.75, 3.05) is 27.4 Å². The van der Waals surface area contributed by atoms with E-state index in [-0.39, 0.29) is 19.7 Å². The van der Waals surface area contributed by atoms with Gasteiger partial charge in [-0.1, -0.05) is 0 Å². The van der Waals surface area contributed by atoms with Crippen LogP contribution in [0.2, 0.25) is 0 Å². The maximum Gasteiger partial charge on any atom is 0.349 e. The third kappa shape index (κ3) is 4.11. The highest BCUT2D eigenvalue weighted by molar-refractivity contribution is 5.84. The average Bonchev–Trinajstić information content (AvgIpc) is 3.11. The van der Waals surface area contributed by atoms with Crippen LogP contribution in [0.25, 0.3) is 0 Å². The van der Waals surface area contributed by atoms with Crippen LogP contribution in [0.4, 0.5) is 8.78 Å². The molecule has 0 aliphatic carbocycles. The monoisotopic (exact) mass is 339 g/mol. The normalized spacial score (nSPS) is 11.3. The number of ether oxygens (including phenoxy) is 2. The summed E-state index contributed by atoms with van der Waals surface area (Å²) in [6.45, 7) is 0.119. The molecule has 5 nitrogen and oxygen atoms in total. The second-order valence-electron chi connectivity index (χ2n) is 5.10. The van der Waals surface area contributed by atoms with Crippen molar-refractivity contribution < 1.29 is 27.5 Å². The molecule has 2 aromatic rings. The predicted molar refractivity (Wildman–Crippen MR) is 82.9 cm³/mol. The fraction of sp³-hybridized carbons (Fsp3) is 0.353. The van der Waals surface area contributed by atoms with Gasteiger partial charge in [-0.25, -0.2) is 0 Å². The van der Waals surface area contributed by atoms with Crippen LogP contribution in [0.3, 0.4) is 0 Å². The molecule has 0 N–H and O–H groups in total. The molecule has 1 heterocycles. The maximum absolute atomic E-state index is 14.6. The van der Waals surface area contributed by atoms with E-state index < -0.39 is 17.4 Å². The van der Waals surface area contributed by atoms with Gasteiger partial charge in [-0.2, -0.15) is 8.78 Å². The molecule has 0 atom stereocenters. The summed E-state index contributed by atoms with van der Waals surface area (Å²) in [6.07, 6.45) is 1.43. The van der Waals surface area contributed by atoms with Crippen LogP contribution >= 0.6 is 0 Å². The van der Waals surface area contributed by atoms with Crippen LogP contribution in [0, 0.1) is 0 Å². The van der Waals surface area contributed by atoms with E-state index in [9.17, 15) is 13.6 Å². The number of amides is 1. The van der Waals surface area contributed by atoms with Crippen LogP contribution in [0.15, 0.2) is 47.1 Å². The van der Waals surface area contributed by atoms with Crippen molar-refractivity contribution in [2.45, 2.75) is 12.5 Å². The summed E-state index contributed by atoms with van der Waals surface area (Å²) in [5.74, 6) is -4.10. The second-order valence-corrected chi connectivity index (χ2v) is 5.10. The Balaban J connectivity index is 2.21. The quantitative estimate of drug-likeness (QED) is 0.742. The standard InChI is InChI=1S/C17H19F2NO4/c1-22-11-9-20(12-15-4-3-10-24-15)16(21)17(18,19)13-5-7-14(23-2)8-6-13/h3-8,10H,9,11-12H2,1-2H3. The van der Waals surface area contributed by atoms with Crippen molar-refractivity contribution in [1.29, 1.82) is 0 Å². The number of carbonyl (C=O) groups excluding carboxylic acids is 1. The number of halogens is 2. The van der Waals surface area contributed by atoms with Gasteiger partial charge < -0.3 is 18.8 Å². The molecule has 0 aliphatic rings. The number of hydrogen-bond acceptors (Lipinski definition) is 4. The lowest BCUT2D eigenvalue weighted by molar-refractivity contribution is -0.160. The summed E-state index contributed by atoms with van der Waals surface area (Å²) >= 11 is 0. The van der Waals surface area contributed by atoms with Crippen LogP contribution in [-0.4, -0.2) is 38.2 Å². The molecule has 24 heavy (non-hydrogen) atoms. The average molecular weight is 339 g/mol. The Kier molecular flexibility index (Phi) is 5.92. The molecule has 0 aliphatic heterocycles. The number of nitrogens with zero attached hydrogens (tertiary/aromatic N) is 1. The number of methoxy groups -OCH3 is 2. The van der Waals surface area contributed by atoms with Crippen LogP contribution in [-0.2, 0) is 22.0 Å². The number of alkyl halides is 2. The fourth-order valence-electron chi connectivity index (χ4n) is 2.17. The first-order chi connectivity index (χ1) is 11.5. The fourth-order valence-corrected chi connectivity index (χ4v) is 2.17. The van der Waals surface area contributed by atoms with E-state index in [2.05, 4.69) is 0 Å². The molecule has 0 fully saturated rings. The van der Waals surface area contributed by atoms with Crippen LogP contribution in [0.5, 0.6) is 5.75 Å². The molecule has 0 unspecified atom stereocenters. The first-order valence-electron chi connectivity index (χ1n) is 7.32. The van der Waals surface area contributed by atoms with Gasteiger partial charge in [0.25, 0.3) is 5.91 Å². The molecule has 1 aromatic carbocycles. The molecule has 0 bridgehead atoms. The van der Waals surface area contributed by atoms with Crippen molar-refractivity contribution in [2.24, 2.45) is 0 Å². The minimum Gasteiger partial charge on any atom is -0.497 e. The molecule has 7 heteroatoms. The molecular weight excluding hydrogens is 320 g/mol. The van der Waals surface area contributed by atoms with Gasteiger partial charge in [-0.3, -0.25) is 4.79 Å². The zero-order chi connectivity index (χ0) is 17.6. The highest BCUT2D eigenvalue weighted by Crippen LogP contribution is 2.32. The molecule has 0 saturated carbocycles. The first-order valence-corrected chi connectivity index (χ1v) is 7.32. The number of carbonyl (C=O) groups is 1. The molecule has 0 radical (unpaired) electrons. The highest BCUT2D eigenvalue weighted by atomic mass is 19.3. The van der Waals surface area contributed by atoms with E-state index >= 15 is 0 Å². The third-order valence-electron chi connectivity index (χ3n) is 3.50. The Morgan fingerprint density at radius 1 is 1.21 bits per heavy atom. The van der Waals surface area contributed by atoms with Gasteiger partial charge in [0.05, 0.1) is 26.5 Å². The van der Waals surface area contributed by atoms with Gasteiger partial charge in [-0.05, 0) is 36.4 Å². The Morgan fingerprint density at radius 2 is 1.92 bits per heavy atom. The summed E-state index contributed by atoms with van der Waals surface area (Å²) < 4.78 is 44.2.